The highest BCUT2D eigenvalue weighted by Gasteiger charge is 2.36. The summed E-state index contributed by atoms with van der Waals surface area (Å²) in [6, 6.07) is 11.1. The number of hydrogen-bond donors (Lipinski definition) is 1. The van der Waals surface area contributed by atoms with Gasteiger partial charge in [0, 0.05) is 23.1 Å². The van der Waals surface area contributed by atoms with Crippen molar-refractivity contribution in [3.8, 4) is 5.75 Å². The lowest BCUT2D eigenvalue weighted by atomic mass is 10.2. The van der Waals surface area contributed by atoms with E-state index in [1.807, 2.05) is 24.3 Å². The molecule has 34 heavy (non-hydrogen) atoms. The predicted molar refractivity (Wildman–Crippen MR) is 139 cm³/mol. The molecule has 3 amide bonds. The topological polar surface area (TPSA) is 88.2 Å². The molecule has 2 aromatic carbocycles. The highest BCUT2D eigenvalue weighted by molar-refractivity contribution is 9.11. The van der Waals surface area contributed by atoms with E-state index in [1.54, 1.807) is 18.2 Å². The van der Waals surface area contributed by atoms with Crippen LogP contribution in [0, 0.1) is 0 Å². The number of carbonyl (C=O) groups excluding carboxylic acids is 3. The number of para-hydroxylation sites is 2. The second kappa shape index (κ2) is 10.9. The lowest BCUT2D eigenvalue weighted by Gasteiger charge is -2.30. The maximum absolute atomic E-state index is 12.9. The molecule has 0 aliphatic carbocycles. The first-order valence-corrected chi connectivity index (χ1v) is 12.8. The molecule has 2 fully saturated rings. The average molecular weight is 611 g/mol. The van der Waals surface area contributed by atoms with E-state index < -0.39 is 17.1 Å². The Balaban J connectivity index is 1.49. The summed E-state index contributed by atoms with van der Waals surface area (Å²) in [5, 5.41) is 2.35. The van der Waals surface area contributed by atoms with Crippen molar-refractivity contribution in [1.82, 2.24) is 4.90 Å². The van der Waals surface area contributed by atoms with Gasteiger partial charge in [-0.3, -0.25) is 19.3 Å². The highest BCUT2D eigenvalue weighted by atomic mass is 79.9. The fourth-order valence-corrected chi connectivity index (χ4v) is 5.92. The number of amides is 3. The normalized spacial score (nSPS) is 17.4. The number of methoxy groups -OCH3 is 1. The number of nitrogens with one attached hydrogen (secondary N) is 1. The molecule has 2 heterocycles. The number of anilines is 2. The van der Waals surface area contributed by atoms with Gasteiger partial charge in [-0.2, -0.15) is 0 Å². The number of hydrogen-bond acceptors (Lipinski definition) is 7. The molecule has 2 aliphatic rings. The number of nitrogens with zero attached hydrogens (tertiary/aromatic N) is 2. The van der Waals surface area contributed by atoms with Gasteiger partial charge in [-0.1, -0.05) is 28.1 Å². The maximum Gasteiger partial charge on any atom is 0.294 e. The zero-order valence-electron chi connectivity index (χ0n) is 18.2. The number of imide groups is 1. The lowest BCUT2D eigenvalue weighted by Crippen LogP contribution is -2.38. The highest BCUT2D eigenvalue weighted by Crippen LogP contribution is 2.38. The average Bonchev–Trinajstić information content (AvgIpc) is 3.07. The molecule has 0 aromatic heterocycles. The molecule has 11 heteroatoms. The molecule has 0 atom stereocenters. The molecule has 2 saturated heterocycles. The maximum atomic E-state index is 12.9. The van der Waals surface area contributed by atoms with Gasteiger partial charge in [-0.05, 0) is 58.0 Å². The van der Waals surface area contributed by atoms with Crippen molar-refractivity contribution in [3.05, 3.63) is 55.8 Å². The van der Waals surface area contributed by atoms with Gasteiger partial charge < -0.3 is 19.7 Å². The fourth-order valence-electron chi connectivity index (χ4n) is 3.67. The number of halogens is 2. The van der Waals surface area contributed by atoms with E-state index in [1.165, 1.54) is 7.11 Å². The smallest absolute Gasteiger partial charge is 0.294 e. The minimum atomic E-state index is -0.523. The van der Waals surface area contributed by atoms with Crippen LogP contribution in [0.5, 0.6) is 5.75 Å². The van der Waals surface area contributed by atoms with Crippen LogP contribution in [0.3, 0.4) is 0 Å². The lowest BCUT2D eigenvalue weighted by molar-refractivity contribution is -0.127. The Bertz CT molecular complexity index is 1170. The molecule has 2 aromatic rings. The minimum absolute atomic E-state index is 0.217. The number of rotatable bonds is 6. The van der Waals surface area contributed by atoms with Crippen LogP contribution in [0.15, 0.2) is 50.2 Å². The molecule has 0 spiro atoms. The Labute approximate surface area is 217 Å². The van der Waals surface area contributed by atoms with Crippen LogP contribution in [-0.4, -0.2) is 61.9 Å². The molecular weight excluding hydrogens is 590 g/mol. The Morgan fingerprint density at radius 2 is 1.94 bits per heavy atom. The number of morpholine rings is 1. The second-order valence-corrected chi connectivity index (χ2v) is 10.2. The SMILES string of the molecule is COc1c(Br)cc(Br)cc1/C=C1/SC(=O)N(CC(=O)Nc2ccccc2N2CCOCC2)C1=O. The summed E-state index contributed by atoms with van der Waals surface area (Å²) in [7, 11) is 1.52. The summed E-state index contributed by atoms with van der Waals surface area (Å²) in [4.78, 5) is 41.6. The zero-order valence-corrected chi connectivity index (χ0v) is 22.2. The molecule has 1 N–H and O–H groups in total. The summed E-state index contributed by atoms with van der Waals surface area (Å²) in [6.45, 7) is 2.29. The van der Waals surface area contributed by atoms with Crippen LogP contribution in [0.25, 0.3) is 6.08 Å². The van der Waals surface area contributed by atoms with Crippen molar-refractivity contribution >= 4 is 78.1 Å². The van der Waals surface area contributed by atoms with Gasteiger partial charge in [0.15, 0.2) is 0 Å². The number of ether oxygens (including phenoxy) is 2. The predicted octanol–water partition coefficient (Wildman–Crippen LogP) is 4.73. The van der Waals surface area contributed by atoms with Gasteiger partial charge in [0.1, 0.15) is 12.3 Å². The molecule has 178 valence electrons. The van der Waals surface area contributed by atoms with Gasteiger partial charge in [0.25, 0.3) is 11.1 Å². The Morgan fingerprint density at radius 3 is 2.68 bits per heavy atom. The standard InChI is InChI=1S/C23H21Br2N3O5S/c1-32-21-14(10-15(24)12-16(21)25)11-19-22(30)28(23(31)34-19)13-20(29)26-17-4-2-3-5-18(17)27-6-8-33-9-7-27/h2-5,10-12H,6-9,13H2,1H3,(H,26,29)/b19-11+. The summed E-state index contributed by atoms with van der Waals surface area (Å²) in [5.74, 6) is -0.440. The number of carbonyl (C=O) groups is 3. The summed E-state index contributed by atoms with van der Waals surface area (Å²) >= 11 is 7.64. The van der Waals surface area contributed by atoms with Crippen molar-refractivity contribution in [3.63, 3.8) is 0 Å². The van der Waals surface area contributed by atoms with Crippen LogP contribution in [0.2, 0.25) is 0 Å². The van der Waals surface area contributed by atoms with Gasteiger partial charge in [-0.25, -0.2) is 0 Å². The second-order valence-electron chi connectivity index (χ2n) is 7.44. The third-order valence-electron chi connectivity index (χ3n) is 5.23. The van der Waals surface area contributed by atoms with Gasteiger partial charge >= 0.3 is 0 Å². The summed E-state index contributed by atoms with van der Waals surface area (Å²) in [6.07, 6.45) is 1.59. The van der Waals surface area contributed by atoms with Crippen LogP contribution in [-0.2, 0) is 14.3 Å². The molecule has 4 rings (SSSR count). The van der Waals surface area contributed by atoms with E-state index in [4.69, 9.17) is 9.47 Å². The van der Waals surface area contributed by atoms with E-state index in [0.717, 1.165) is 39.9 Å². The van der Waals surface area contributed by atoms with E-state index in [0.29, 0.717) is 34.7 Å². The third kappa shape index (κ3) is 5.48. The van der Waals surface area contributed by atoms with Crippen molar-refractivity contribution < 1.29 is 23.9 Å². The first-order valence-electron chi connectivity index (χ1n) is 10.4. The quantitative estimate of drug-likeness (QED) is 0.473. The van der Waals surface area contributed by atoms with Crippen molar-refractivity contribution in [1.29, 1.82) is 0 Å². The number of thioether (sulfide) groups is 1. The van der Waals surface area contributed by atoms with Crippen molar-refractivity contribution in [2.45, 2.75) is 0 Å². The minimum Gasteiger partial charge on any atom is -0.495 e. The Morgan fingerprint density at radius 1 is 1.21 bits per heavy atom. The van der Waals surface area contributed by atoms with E-state index >= 15 is 0 Å². The zero-order chi connectivity index (χ0) is 24.2. The van der Waals surface area contributed by atoms with Gasteiger partial charge in [0.05, 0.1) is 41.1 Å². The molecule has 0 saturated carbocycles. The van der Waals surface area contributed by atoms with Crippen LogP contribution < -0.4 is 15.0 Å². The van der Waals surface area contributed by atoms with Crippen molar-refractivity contribution in [2.24, 2.45) is 0 Å². The molecular formula is C23H21Br2N3O5S. The molecule has 2 aliphatic heterocycles. The van der Waals surface area contributed by atoms with Crippen LogP contribution >= 0.6 is 43.6 Å². The molecule has 8 nitrogen and oxygen atoms in total. The fraction of sp³-hybridized carbons (Fsp3) is 0.261. The largest absolute Gasteiger partial charge is 0.495 e. The van der Waals surface area contributed by atoms with E-state index in [-0.39, 0.29) is 11.4 Å². The van der Waals surface area contributed by atoms with E-state index in [2.05, 4.69) is 42.1 Å². The molecule has 0 bridgehead atoms. The van der Waals surface area contributed by atoms with Crippen molar-refractivity contribution in [2.75, 3.05) is 50.2 Å². The van der Waals surface area contributed by atoms with E-state index in [9.17, 15) is 14.4 Å². The third-order valence-corrected chi connectivity index (χ3v) is 7.19. The van der Waals surface area contributed by atoms with Crippen LogP contribution in [0.1, 0.15) is 5.56 Å². The van der Waals surface area contributed by atoms with Gasteiger partial charge in [0.2, 0.25) is 5.91 Å². The summed E-state index contributed by atoms with van der Waals surface area (Å²) < 4.78 is 12.3. The number of benzene rings is 2. The Hall–Kier alpha value is -2.34. The Kier molecular flexibility index (Phi) is 7.97. The first-order chi connectivity index (χ1) is 16.4. The first kappa shape index (κ1) is 24.8. The summed E-state index contributed by atoms with van der Waals surface area (Å²) in [5.41, 5.74) is 2.12. The monoisotopic (exact) mass is 609 g/mol. The van der Waals surface area contributed by atoms with Gasteiger partial charge in [-0.15, -0.1) is 0 Å². The molecule has 0 radical (unpaired) electrons. The molecule has 0 unspecified atom stereocenters. The van der Waals surface area contributed by atoms with Crippen LogP contribution in [0.4, 0.5) is 16.2 Å².